The standard InChI is InChI=1S/C24H29N3O3/c1-16-5-7-18-20(13-16)30-21-14-17(2)6-8-19(21)25-22(18)27-11-9-26(10-12-27)15-24(3,4)23(28)29/h5-8,13-14H,9-12,15H2,1-4H3,(H,28,29). The lowest BCUT2D eigenvalue weighted by Gasteiger charge is -2.39. The largest absolute Gasteiger partial charge is 0.481 e. The minimum Gasteiger partial charge on any atom is -0.481 e. The minimum absolute atomic E-state index is 0.545. The van der Waals surface area contributed by atoms with E-state index in [-0.39, 0.29) is 0 Å². The monoisotopic (exact) mass is 407 g/mol. The van der Waals surface area contributed by atoms with Gasteiger partial charge in [-0.3, -0.25) is 9.69 Å². The topological polar surface area (TPSA) is 65.4 Å². The summed E-state index contributed by atoms with van der Waals surface area (Å²) in [5, 5.41) is 9.43. The summed E-state index contributed by atoms with van der Waals surface area (Å²) in [5.41, 5.74) is 3.35. The summed E-state index contributed by atoms with van der Waals surface area (Å²) in [5.74, 6) is 1.77. The zero-order chi connectivity index (χ0) is 21.5. The van der Waals surface area contributed by atoms with Crippen molar-refractivity contribution in [2.75, 3.05) is 32.7 Å². The van der Waals surface area contributed by atoms with Crippen molar-refractivity contribution in [3.05, 3.63) is 53.1 Å². The Morgan fingerprint density at radius 2 is 1.67 bits per heavy atom. The zero-order valence-electron chi connectivity index (χ0n) is 18.1. The summed E-state index contributed by atoms with van der Waals surface area (Å²) >= 11 is 0. The SMILES string of the molecule is Cc1ccc2c(c1)Oc1cc(C)ccc1C(N1CCN(CC(C)(C)C(=O)O)CC1)=N2. The Bertz CT molecular complexity index is 1000. The van der Waals surface area contributed by atoms with Gasteiger partial charge in [-0.2, -0.15) is 0 Å². The first-order valence-electron chi connectivity index (χ1n) is 10.4. The lowest BCUT2D eigenvalue weighted by molar-refractivity contribution is -0.148. The number of carboxylic acids is 1. The number of piperazine rings is 1. The molecule has 0 aliphatic carbocycles. The molecule has 158 valence electrons. The van der Waals surface area contributed by atoms with Crippen LogP contribution in [0.3, 0.4) is 0 Å². The number of carboxylic acid groups (broad SMARTS) is 1. The van der Waals surface area contributed by atoms with Crippen LogP contribution in [0, 0.1) is 19.3 Å². The van der Waals surface area contributed by atoms with E-state index in [2.05, 4.69) is 41.0 Å². The van der Waals surface area contributed by atoms with Crippen molar-refractivity contribution >= 4 is 17.5 Å². The molecule has 1 N–H and O–H groups in total. The first kappa shape index (κ1) is 20.4. The Balaban J connectivity index is 1.62. The lowest BCUT2D eigenvalue weighted by atomic mass is 9.93. The molecule has 2 aromatic rings. The van der Waals surface area contributed by atoms with E-state index < -0.39 is 11.4 Å². The summed E-state index contributed by atoms with van der Waals surface area (Å²) in [7, 11) is 0. The predicted molar refractivity (Wildman–Crippen MR) is 118 cm³/mol. The van der Waals surface area contributed by atoms with Crippen LogP contribution in [0.15, 0.2) is 41.4 Å². The number of ether oxygens (including phenoxy) is 1. The van der Waals surface area contributed by atoms with Gasteiger partial charge in [0.05, 0.1) is 11.0 Å². The first-order valence-corrected chi connectivity index (χ1v) is 10.4. The maximum Gasteiger partial charge on any atom is 0.310 e. The normalized spacial score (nSPS) is 16.8. The third-order valence-corrected chi connectivity index (χ3v) is 5.81. The highest BCUT2D eigenvalue weighted by molar-refractivity contribution is 6.03. The number of aryl methyl sites for hydroxylation is 2. The van der Waals surface area contributed by atoms with Crippen LogP contribution in [-0.4, -0.2) is 59.4 Å². The second kappa shape index (κ2) is 7.76. The molecule has 0 radical (unpaired) electrons. The van der Waals surface area contributed by atoms with Gasteiger partial charge in [-0.05, 0) is 63.1 Å². The van der Waals surface area contributed by atoms with Crippen molar-refractivity contribution in [1.82, 2.24) is 9.80 Å². The number of hydrogen-bond acceptors (Lipinski definition) is 5. The highest BCUT2D eigenvalue weighted by Crippen LogP contribution is 2.39. The fourth-order valence-electron chi connectivity index (χ4n) is 3.97. The van der Waals surface area contributed by atoms with Crippen molar-refractivity contribution in [3.8, 4) is 11.5 Å². The average molecular weight is 408 g/mol. The summed E-state index contributed by atoms with van der Waals surface area (Å²) in [6, 6.07) is 12.3. The molecule has 0 spiro atoms. The smallest absolute Gasteiger partial charge is 0.310 e. The Hall–Kier alpha value is -2.86. The summed E-state index contributed by atoms with van der Waals surface area (Å²) in [6.07, 6.45) is 0. The second-order valence-corrected chi connectivity index (χ2v) is 8.96. The number of fused-ring (bicyclic) bond motifs is 2. The van der Waals surface area contributed by atoms with Crippen LogP contribution in [0.2, 0.25) is 0 Å². The van der Waals surface area contributed by atoms with Gasteiger partial charge in [0.2, 0.25) is 0 Å². The van der Waals surface area contributed by atoms with Gasteiger partial charge in [0.1, 0.15) is 17.3 Å². The van der Waals surface area contributed by atoms with Gasteiger partial charge in [0.15, 0.2) is 5.75 Å². The number of benzene rings is 2. The predicted octanol–water partition coefficient (Wildman–Crippen LogP) is 4.22. The maximum absolute atomic E-state index is 11.5. The van der Waals surface area contributed by atoms with E-state index in [4.69, 9.17) is 9.73 Å². The van der Waals surface area contributed by atoms with Gasteiger partial charge in [-0.15, -0.1) is 0 Å². The number of nitrogens with zero attached hydrogens (tertiary/aromatic N) is 3. The maximum atomic E-state index is 11.5. The molecule has 0 aromatic heterocycles. The third-order valence-electron chi connectivity index (χ3n) is 5.81. The molecule has 0 saturated carbocycles. The van der Waals surface area contributed by atoms with E-state index in [1.54, 1.807) is 13.8 Å². The number of aliphatic carboxylic acids is 1. The summed E-state index contributed by atoms with van der Waals surface area (Å²) < 4.78 is 6.28. The molecule has 4 rings (SSSR count). The number of amidine groups is 1. The minimum atomic E-state index is -0.758. The van der Waals surface area contributed by atoms with Crippen LogP contribution in [0.5, 0.6) is 11.5 Å². The molecule has 6 nitrogen and oxygen atoms in total. The molecule has 2 heterocycles. The molecule has 0 bridgehead atoms. The number of aliphatic imine (C=N–C) groups is 1. The van der Waals surface area contributed by atoms with Crippen molar-refractivity contribution in [2.24, 2.45) is 10.4 Å². The summed E-state index contributed by atoms with van der Waals surface area (Å²) in [6.45, 7) is 11.4. The van der Waals surface area contributed by atoms with Crippen molar-refractivity contribution in [1.29, 1.82) is 0 Å². The number of rotatable bonds is 3. The third kappa shape index (κ3) is 4.05. The molecule has 1 fully saturated rings. The van der Waals surface area contributed by atoms with Crippen LogP contribution in [-0.2, 0) is 4.79 Å². The Labute approximate surface area is 177 Å². The van der Waals surface area contributed by atoms with Crippen LogP contribution >= 0.6 is 0 Å². The van der Waals surface area contributed by atoms with Crippen LogP contribution in [0.25, 0.3) is 0 Å². The van der Waals surface area contributed by atoms with E-state index in [0.29, 0.717) is 6.54 Å². The molecule has 2 aliphatic heterocycles. The quantitative estimate of drug-likeness (QED) is 0.825. The molecule has 0 atom stereocenters. The molecule has 0 unspecified atom stereocenters. The van der Waals surface area contributed by atoms with Gasteiger partial charge in [-0.1, -0.05) is 12.1 Å². The Morgan fingerprint density at radius 1 is 1.03 bits per heavy atom. The zero-order valence-corrected chi connectivity index (χ0v) is 18.1. The Morgan fingerprint density at radius 3 is 2.33 bits per heavy atom. The van der Waals surface area contributed by atoms with Gasteiger partial charge in [-0.25, -0.2) is 4.99 Å². The first-order chi connectivity index (χ1) is 14.2. The lowest BCUT2D eigenvalue weighted by Crippen LogP contribution is -2.52. The Kier molecular flexibility index (Phi) is 5.28. The van der Waals surface area contributed by atoms with Crippen molar-refractivity contribution < 1.29 is 14.6 Å². The van der Waals surface area contributed by atoms with Crippen molar-refractivity contribution in [3.63, 3.8) is 0 Å². The van der Waals surface area contributed by atoms with Crippen LogP contribution < -0.4 is 4.74 Å². The van der Waals surface area contributed by atoms with Crippen LogP contribution in [0.4, 0.5) is 5.69 Å². The van der Waals surface area contributed by atoms with Gasteiger partial charge in [0, 0.05) is 32.7 Å². The van der Waals surface area contributed by atoms with Gasteiger partial charge < -0.3 is 14.7 Å². The second-order valence-electron chi connectivity index (χ2n) is 8.96. The van der Waals surface area contributed by atoms with Crippen molar-refractivity contribution in [2.45, 2.75) is 27.7 Å². The van der Waals surface area contributed by atoms with Gasteiger partial charge in [0.25, 0.3) is 0 Å². The molecular formula is C24H29N3O3. The van der Waals surface area contributed by atoms with E-state index in [1.165, 1.54) is 0 Å². The average Bonchev–Trinajstić information content (AvgIpc) is 2.84. The van der Waals surface area contributed by atoms with E-state index in [9.17, 15) is 9.90 Å². The molecular weight excluding hydrogens is 378 g/mol. The van der Waals surface area contributed by atoms with E-state index in [0.717, 1.165) is 65.9 Å². The number of carbonyl (C=O) groups is 1. The molecule has 6 heteroatoms. The highest BCUT2D eigenvalue weighted by Gasteiger charge is 2.32. The molecule has 1 saturated heterocycles. The van der Waals surface area contributed by atoms with Gasteiger partial charge >= 0.3 is 5.97 Å². The van der Waals surface area contributed by atoms with Crippen LogP contribution in [0.1, 0.15) is 30.5 Å². The van der Waals surface area contributed by atoms with E-state index >= 15 is 0 Å². The molecule has 0 amide bonds. The fourth-order valence-corrected chi connectivity index (χ4v) is 3.97. The molecule has 2 aliphatic rings. The summed E-state index contributed by atoms with van der Waals surface area (Å²) in [4.78, 5) is 21.0. The highest BCUT2D eigenvalue weighted by atomic mass is 16.5. The fraction of sp³-hybridized carbons (Fsp3) is 0.417. The molecule has 30 heavy (non-hydrogen) atoms. The number of hydrogen-bond donors (Lipinski definition) is 1. The van der Waals surface area contributed by atoms with E-state index in [1.807, 2.05) is 19.1 Å². The molecule has 2 aromatic carbocycles.